The number of hydrogen-bond donors (Lipinski definition) is 2. The Morgan fingerprint density at radius 1 is 0.971 bits per heavy atom. The molecule has 0 spiro atoms. The summed E-state index contributed by atoms with van der Waals surface area (Å²) in [6, 6.07) is 8.66. The molecule has 0 bridgehead atoms. The molecule has 180 valence electrons. The van der Waals surface area contributed by atoms with Crippen molar-refractivity contribution in [1.29, 1.82) is 0 Å². The molecule has 0 saturated heterocycles. The molecule has 0 aliphatic rings. The summed E-state index contributed by atoms with van der Waals surface area (Å²) in [4.78, 5) is 49.2. The molecule has 0 aliphatic carbocycles. The lowest BCUT2D eigenvalue weighted by atomic mass is 9.90. The van der Waals surface area contributed by atoms with Gasteiger partial charge in [0.15, 0.2) is 5.78 Å². The summed E-state index contributed by atoms with van der Waals surface area (Å²) in [5, 5.41) is 13.7. The molecule has 0 fully saturated rings. The highest BCUT2D eigenvalue weighted by Crippen LogP contribution is 2.33. The van der Waals surface area contributed by atoms with E-state index in [1.807, 2.05) is 0 Å². The van der Waals surface area contributed by atoms with Gasteiger partial charge in [-0.05, 0) is 42.3 Å². The minimum absolute atomic E-state index is 0.225. The second kappa shape index (κ2) is 10.5. The first kappa shape index (κ1) is 25.6. The van der Waals surface area contributed by atoms with Gasteiger partial charge in [-0.15, -0.1) is 0 Å². The van der Waals surface area contributed by atoms with Crippen molar-refractivity contribution in [2.24, 2.45) is 11.8 Å². The number of hydrogen-bond acceptors (Lipinski definition) is 4. The molecule has 1 unspecified atom stereocenters. The minimum atomic E-state index is -1.51. The molecule has 34 heavy (non-hydrogen) atoms. The fourth-order valence-electron chi connectivity index (χ4n) is 3.94. The van der Waals surface area contributed by atoms with E-state index in [4.69, 9.17) is 28.3 Å². The van der Waals surface area contributed by atoms with E-state index < -0.39 is 42.7 Å². The normalized spacial score (nSPS) is 13.2. The number of benzene rings is 2. The molecular weight excluding hydrogens is 486 g/mol. The Morgan fingerprint density at radius 3 is 1.94 bits per heavy atom. The van der Waals surface area contributed by atoms with Gasteiger partial charge in [0.25, 0.3) is 0 Å². The molecule has 7 nitrogen and oxygen atoms in total. The number of halogens is 3. The van der Waals surface area contributed by atoms with Gasteiger partial charge in [-0.3, -0.25) is 23.7 Å². The van der Waals surface area contributed by atoms with Crippen LogP contribution < -0.4 is 5.32 Å². The summed E-state index contributed by atoms with van der Waals surface area (Å²) in [5.74, 6) is -4.68. The molecule has 0 saturated carbocycles. The Balaban J connectivity index is 1.96. The number of rotatable bonds is 9. The summed E-state index contributed by atoms with van der Waals surface area (Å²) >= 11 is 12.3. The van der Waals surface area contributed by atoms with E-state index in [-0.39, 0.29) is 18.2 Å². The maximum Gasteiger partial charge on any atom is 0.305 e. The van der Waals surface area contributed by atoms with Crippen molar-refractivity contribution in [2.45, 2.75) is 32.7 Å². The van der Waals surface area contributed by atoms with Crippen molar-refractivity contribution in [3.8, 4) is 0 Å². The quantitative estimate of drug-likeness (QED) is 0.427. The molecule has 1 amide bonds. The predicted octanol–water partition coefficient (Wildman–Crippen LogP) is 4.90. The van der Waals surface area contributed by atoms with E-state index in [1.54, 1.807) is 50.2 Å². The first-order valence-electron chi connectivity index (χ1n) is 10.6. The van der Waals surface area contributed by atoms with E-state index in [0.717, 1.165) is 10.8 Å². The maximum atomic E-state index is 13.5. The third kappa shape index (κ3) is 5.39. The first-order chi connectivity index (χ1) is 16.0. The van der Waals surface area contributed by atoms with Gasteiger partial charge in [0.05, 0.1) is 17.5 Å². The van der Waals surface area contributed by atoms with Crippen molar-refractivity contribution in [1.82, 2.24) is 9.88 Å². The maximum absolute atomic E-state index is 13.5. The average molecular weight is 509 g/mol. The number of alkyl halides is 1. The van der Waals surface area contributed by atoms with Gasteiger partial charge in [0.2, 0.25) is 11.8 Å². The predicted molar refractivity (Wildman–Crippen MR) is 128 cm³/mol. The van der Waals surface area contributed by atoms with Crippen LogP contribution in [0.5, 0.6) is 0 Å². The number of fused-ring (bicyclic) bond motifs is 3. The number of nitrogens with zero attached hydrogens (tertiary/aromatic N) is 1. The van der Waals surface area contributed by atoms with E-state index >= 15 is 0 Å². The molecule has 2 N–H and O–H groups in total. The van der Waals surface area contributed by atoms with Gasteiger partial charge in [-0.1, -0.05) is 37.0 Å². The van der Waals surface area contributed by atoms with Crippen LogP contribution in [0.2, 0.25) is 10.0 Å². The summed E-state index contributed by atoms with van der Waals surface area (Å²) in [6.45, 7) is 2.05. The summed E-state index contributed by atoms with van der Waals surface area (Å²) in [7, 11) is 0. The number of Topliss-reactive ketones (excluding diaryl/α,β-unsaturated/α-hetero) is 1. The summed E-state index contributed by atoms with van der Waals surface area (Å²) in [5.41, 5.74) is 1.18. The van der Waals surface area contributed by atoms with Crippen LogP contribution in [0.4, 0.5) is 4.39 Å². The van der Waals surface area contributed by atoms with Crippen molar-refractivity contribution < 1.29 is 28.7 Å². The molecule has 1 heterocycles. The Labute approximate surface area is 204 Å². The molecular formula is C24H23Cl2FN2O5. The van der Waals surface area contributed by atoms with Gasteiger partial charge in [0, 0.05) is 33.2 Å². The minimum Gasteiger partial charge on any atom is -0.481 e. The Morgan fingerprint density at radius 2 is 1.50 bits per heavy atom. The Bertz CT molecular complexity index is 1230. The van der Waals surface area contributed by atoms with Crippen LogP contribution in [0.25, 0.3) is 21.8 Å². The van der Waals surface area contributed by atoms with E-state index in [9.17, 15) is 23.6 Å². The van der Waals surface area contributed by atoms with Crippen LogP contribution in [0.3, 0.4) is 0 Å². The smallest absolute Gasteiger partial charge is 0.305 e. The topological polar surface area (TPSA) is 105 Å². The van der Waals surface area contributed by atoms with Crippen molar-refractivity contribution in [3.63, 3.8) is 0 Å². The third-order valence-electron chi connectivity index (χ3n) is 5.69. The zero-order valence-electron chi connectivity index (χ0n) is 18.5. The lowest BCUT2D eigenvalue weighted by Gasteiger charge is -2.23. The number of carboxylic acid groups (broad SMARTS) is 1. The van der Waals surface area contributed by atoms with Crippen LogP contribution in [0.1, 0.15) is 31.5 Å². The van der Waals surface area contributed by atoms with E-state index in [1.165, 1.54) is 4.57 Å². The number of carbonyl (C=O) groups is 4. The van der Waals surface area contributed by atoms with Crippen LogP contribution in [-0.2, 0) is 14.4 Å². The molecule has 1 aromatic heterocycles. The first-order valence-corrected chi connectivity index (χ1v) is 11.3. The lowest BCUT2D eigenvalue weighted by Crippen LogP contribution is -2.47. The highest BCUT2D eigenvalue weighted by Gasteiger charge is 2.31. The van der Waals surface area contributed by atoms with Crippen molar-refractivity contribution >= 4 is 68.6 Å². The Hall–Kier alpha value is -2.97. The summed E-state index contributed by atoms with van der Waals surface area (Å²) < 4.78 is 14.4. The fraction of sp³-hybridized carbons (Fsp3) is 0.333. The molecule has 2 aromatic carbocycles. The third-order valence-corrected chi connectivity index (χ3v) is 6.16. The van der Waals surface area contributed by atoms with E-state index in [2.05, 4.69) is 5.32 Å². The largest absolute Gasteiger partial charge is 0.481 e. The number of carboxylic acids is 1. The number of ketones is 1. The molecule has 0 aliphatic heterocycles. The van der Waals surface area contributed by atoms with Gasteiger partial charge in [-0.2, -0.15) is 0 Å². The molecule has 10 heteroatoms. The monoisotopic (exact) mass is 508 g/mol. The number of aromatic nitrogens is 1. The highest BCUT2D eigenvalue weighted by atomic mass is 35.5. The number of nitrogens with one attached hydrogen (secondary N) is 1. The SMILES string of the molecule is CC(C)[C@@H](CC(=O)n1c2ccc(Cl)cc2c2cc(Cl)ccc21)C(=O)NC(CC(=O)O)C(=O)CF. The van der Waals surface area contributed by atoms with Crippen LogP contribution >= 0.6 is 23.2 Å². The van der Waals surface area contributed by atoms with Gasteiger partial charge >= 0.3 is 5.97 Å². The molecule has 0 radical (unpaired) electrons. The van der Waals surface area contributed by atoms with Gasteiger partial charge in [0.1, 0.15) is 12.7 Å². The zero-order valence-corrected chi connectivity index (χ0v) is 20.0. The fourth-order valence-corrected chi connectivity index (χ4v) is 4.28. The lowest BCUT2D eigenvalue weighted by molar-refractivity contribution is -0.140. The van der Waals surface area contributed by atoms with Crippen molar-refractivity contribution in [3.05, 3.63) is 46.4 Å². The Kier molecular flexibility index (Phi) is 7.94. The molecule has 3 rings (SSSR count). The van der Waals surface area contributed by atoms with Crippen LogP contribution in [0.15, 0.2) is 36.4 Å². The second-order valence-electron chi connectivity index (χ2n) is 8.37. The van der Waals surface area contributed by atoms with Gasteiger partial charge in [-0.25, -0.2) is 4.39 Å². The summed E-state index contributed by atoms with van der Waals surface area (Å²) in [6.07, 6.45) is -0.973. The number of amides is 1. The molecule has 3 aromatic rings. The van der Waals surface area contributed by atoms with Crippen LogP contribution in [-0.4, -0.2) is 46.0 Å². The average Bonchev–Trinajstić information content (AvgIpc) is 3.08. The van der Waals surface area contributed by atoms with Crippen LogP contribution in [0, 0.1) is 11.8 Å². The number of aliphatic carboxylic acids is 1. The van der Waals surface area contributed by atoms with Gasteiger partial charge < -0.3 is 10.4 Å². The van der Waals surface area contributed by atoms with E-state index in [0.29, 0.717) is 21.1 Å². The highest BCUT2D eigenvalue weighted by molar-refractivity contribution is 6.33. The second-order valence-corrected chi connectivity index (χ2v) is 9.24. The molecule has 2 atom stereocenters. The standard InChI is InChI=1S/C24H23Cl2FN2O5/c1-12(2)15(24(34)28-18(10-23(32)33)21(30)11-27)9-22(31)29-19-5-3-13(25)7-16(19)17-8-14(26)4-6-20(17)29/h3-8,12,15,18H,9-11H2,1-2H3,(H,28,34)(H,32,33)/t15-,18?/m1/s1. The zero-order chi connectivity index (χ0) is 25.2. The van der Waals surface area contributed by atoms with Crippen molar-refractivity contribution in [2.75, 3.05) is 6.67 Å². The number of carbonyl (C=O) groups excluding carboxylic acids is 3.